The predicted octanol–water partition coefficient (Wildman–Crippen LogP) is 0.845. The van der Waals surface area contributed by atoms with Gasteiger partial charge in [-0.1, -0.05) is 29.8 Å². The number of rotatable bonds is 4. The molecule has 1 saturated heterocycles. The van der Waals surface area contributed by atoms with Gasteiger partial charge in [0.1, 0.15) is 0 Å². The number of nitrogens with one attached hydrogen (secondary N) is 3. The summed E-state index contributed by atoms with van der Waals surface area (Å²) in [6, 6.07) is 7.00. The summed E-state index contributed by atoms with van der Waals surface area (Å²) in [5.41, 5.74) is 2.16. The summed E-state index contributed by atoms with van der Waals surface area (Å²) in [4.78, 5) is 34.7. The van der Waals surface area contributed by atoms with Crippen LogP contribution in [0.4, 0.5) is 4.79 Å². The third-order valence-corrected chi connectivity index (χ3v) is 3.55. The highest BCUT2D eigenvalue weighted by molar-refractivity contribution is 6.00. The van der Waals surface area contributed by atoms with E-state index in [1.54, 1.807) is 6.92 Å². The van der Waals surface area contributed by atoms with Crippen LogP contribution in [0.3, 0.4) is 0 Å². The lowest BCUT2D eigenvalue weighted by Crippen LogP contribution is -2.57. The third-order valence-electron chi connectivity index (χ3n) is 3.55. The molecule has 6 heteroatoms. The van der Waals surface area contributed by atoms with Crippen molar-refractivity contribution in [3.63, 3.8) is 0 Å². The van der Waals surface area contributed by atoms with Crippen molar-refractivity contribution < 1.29 is 14.4 Å². The maximum Gasteiger partial charge on any atom is 0.321 e. The van der Waals surface area contributed by atoms with E-state index in [0.29, 0.717) is 6.54 Å². The van der Waals surface area contributed by atoms with E-state index >= 15 is 0 Å². The van der Waals surface area contributed by atoms with E-state index in [2.05, 4.69) is 16.0 Å². The molecule has 0 bridgehead atoms. The molecule has 1 aliphatic heterocycles. The fourth-order valence-electron chi connectivity index (χ4n) is 2.22. The van der Waals surface area contributed by atoms with Crippen LogP contribution >= 0.6 is 0 Å². The van der Waals surface area contributed by atoms with Gasteiger partial charge in [0.05, 0.1) is 5.92 Å². The van der Waals surface area contributed by atoms with Crippen LogP contribution in [0.1, 0.15) is 24.5 Å². The van der Waals surface area contributed by atoms with E-state index in [0.717, 1.165) is 11.1 Å². The Hall–Kier alpha value is -2.37. The minimum Gasteiger partial charge on any atom is -0.352 e. The van der Waals surface area contributed by atoms with Crippen LogP contribution < -0.4 is 16.0 Å². The van der Waals surface area contributed by atoms with Crippen LogP contribution in [0.25, 0.3) is 0 Å². The minimum atomic E-state index is -0.541. The zero-order valence-electron chi connectivity index (χ0n) is 12.1. The molecule has 2 atom stereocenters. The van der Waals surface area contributed by atoms with Gasteiger partial charge in [0.15, 0.2) is 0 Å². The summed E-state index contributed by atoms with van der Waals surface area (Å²) in [7, 11) is 0. The topological polar surface area (TPSA) is 87.3 Å². The van der Waals surface area contributed by atoms with Crippen molar-refractivity contribution in [3.8, 4) is 0 Å². The first kappa shape index (κ1) is 15.0. The Bertz CT molecular complexity index is 554. The van der Waals surface area contributed by atoms with Crippen LogP contribution in [-0.4, -0.2) is 23.9 Å². The molecule has 0 saturated carbocycles. The van der Waals surface area contributed by atoms with Gasteiger partial charge in [-0.3, -0.25) is 14.9 Å². The first-order chi connectivity index (χ1) is 9.95. The Morgan fingerprint density at radius 3 is 2.52 bits per heavy atom. The summed E-state index contributed by atoms with van der Waals surface area (Å²) in [5, 5.41) is 7.56. The standard InChI is InChI=1S/C15H19N3O3/c1-9-3-5-11(6-4-9)8-16-13(19)7-12-10(2)17-15(21)18-14(12)20/h3-6,10,12H,7-8H2,1-2H3,(H,16,19)(H2,17,18,20,21). The van der Waals surface area contributed by atoms with Crippen molar-refractivity contribution in [2.45, 2.75) is 32.9 Å². The van der Waals surface area contributed by atoms with Crippen LogP contribution in [0.5, 0.6) is 0 Å². The molecule has 1 aromatic rings. The van der Waals surface area contributed by atoms with E-state index in [-0.39, 0.29) is 18.4 Å². The van der Waals surface area contributed by atoms with Crippen molar-refractivity contribution in [2.75, 3.05) is 0 Å². The number of aryl methyl sites for hydroxylation is 1. The Morgan fingerprint density at radius 1 is 1.24 bits per heavy atom. The zero-order valence-corrected chi connectivity index (χ0v) is 12.1. The monoisotopic (exact) mass is 289 g/mol. The molecular weight excluding hydrogens is 270 g/mol. The first-order valence-electron chi connectivity index (χ1n) is 6.89. The molecule has 0 spiro atoms. The van der Waals surface area contributed by atoms with E-state index < -0.39 is 17.9 Å². The lowest BCUT2D eigenvalue weighted by molar-refractivity contribution is -0.131. The highest BCUT2D eigenvalue weighted by Gasteiger charge is 2.33. The molecule has 112 valence electrons. The van der Waals surface area contributed by atoms with Gasteiger partial charge in [-0.25, -0.2) is 4.79 Å². The van der Waals surface area contributed by atoms with Crippen molar-refractivity contribution >= 4 is 17.8 Å². The van der Waals surface area contributed by atoms with Crippen LogP contribution in [-0.2, 0) is 16.1 Å². The lowest BCUT2D eigenvalue weighted by atomic mass is 9.94. The average Bonchev–Trinajstić information content (AvgIpc) is 2.42. The molecule has 3 N–H and O–H groups in total. The first-order valence-corrected chi connectivity index (χ1v) is 6.89. The fourth-order valence-corrected chi connectivity index (χ4v) is 2.22. The number of imide groups is 1. The maximum absolute atomic E-state index is 11.9. The Balaban J connectivity index is 1.85. The molecule has 2 unspecified atom stereocenters. The van der Waals surface area contributed by atoms with E-state index in [1.807, 2.05) is 31.2 Å². The lowest BCUT2D eigenvalue weighted by Gasteiger charge is -2.28. The highest BCUT2D eigenvalue weighted by atomic mass is 16.2. The van der Waals surface area contributed by atoms with E-state index in [1.165, 1.54) is 0 Å². The molecule has 4 amide bonds. The van der Waals surface area contributed by atoms with Crippen molar-refractivity contribution in [1.29, 1.82) is 0 Å². The number of carbonyl (C=O) groups is 3. The molecule has 1 heterocycles. The van der Waals surface area contributed by atoms with Gasteiger partial charge in [0, 0.05) is 19.0 Å². The molecule has 0 aliphatic carbocycles. The molecule has 2 rings (SSSR count). The SMILES string of the molecule is Cc1ccc(CNC(=O)CC2C(=O)NC(=O)NC2C)cc1. The molecule has 1 aromatic carbocycles. The Kier molecular flexibility index (Phi) is 4.57. The maximum atomic E-state index is 11.9. The number of urea groups is 1. The van der Waals surface area contributed by atoms with Crippen LogP contribution in [0.15, 0.2) is 24.3 Å². The molecular formula is C15H19N3O3. The fraction of sp³-hybridized carbons (Fsp3) is 0.400. The number of hydrogen-bond acceptors (Lipinski definition) is 3. The molecule has 6 nitrogen and oxygen atoms in total. The van der Waals surface area contributed by atoms with Crippen molar-refractivity contribution in [3.05, 3.63) is 35.4 Å². The number of benzene rings is 1. The van der Waals surface area contributed by atoms with Gasteiger partial charge in [0.25, 0.3) is 0 Å². The molecule has 1 fully saturated rings. The van der Waals surface area contributed by atoms with Crippen LogP contribution in [0, 0.1) is 12.8 Å². The molecule has 0 radical (unpaired) electrons. The summed E-state index contributed by atoms with van der Waals surface area (Å²) < 4.78 is 0. The Labute approximate surface area is 123 Å². The number of amides is 4. The molecule has 0 aromatic heterocycles. The van der Waals surface area contributed by atoms with Gasteiger partial charge < -0.3 is 10.6 Å². The molecule has 21 heavy (non-hydrogen) atoms. The van der Waals surface area contributed by atoms with Gasteiger partial charge in [-0.05, 0) is 19.4 Å². The normalized spacial score (nSPS) is 21.4. The van der Waals surface area contributed by atoms with Crippen molar-refractivity contribution in [2.24, 2.45) is 5.92 Å². The molecule has 1 aliphatic rings. The van der Waals surface area contributed by atoms with Crippen molar-refractivity contribution in [1.82, 2.24) is 16.0 Å². The number of carbonyl (C=O) groups excluding carboxylic acids is 3. The zero-order chi connectivity index (χ0) is 15.4. The Morgan fingerprint density at radius 2 is 1.90 bits per heavy atom. The third kappa shape index (κ3) is 4.05. The quantitative estimate of drug-likeness (QED) is 0.767. The van der Waals surface area contributed by atoms with Gasteiger partial charge in [-0.2, -0.15) is 0 Å². The summed E-state index contributed by atoms with van der Waals surface area (Å²) in [5.74, 6) is -1.16. The van der Waals surface area contributed by atoms with Crippen LogP contribution in [0.2, 0.25) is 0 Å². The summed E-state index contributed by atoms with van der Waals surface area (Å²) >= 11 is 0. The summed E-state index contributed by atoms with van der Waals surface area (Å²) in [6.45, 7) is 4.14. The van der Waals surface area contributed by atoms with Gasteiger partial charge in [-0.15, -0.1) is 0 Å². The second-order valence-corrected chi connectivity index (χ2v) is 5.32. The van der Waals surface area contributed by atoms with Gasteiger partial charge in [0.2, 0.25) is 11.8 Å². The predicted molar refractivity (Wildman–Crippen MR) is 77.3 cm³/mol. The number of hydrogen-bond donors (Lipinski definition) is 3. The van der Waals surface area contributed by atoms with E-state index in [9.17, 15) is 14.4 Å². The van der Waals surface area contributed by atoms with Gasteiger partial charge >= 0.3 is 6.03 Å². The summed E-state index contributed by atoms with van der Waals surface area (Å²) in [6.07, 6.45) is 0.0547. The largest absolute Gasteiger partial charge is 0.352 e. The average molecular weight is 289 g/mol. The smallest absolute Gasteiger partial charge is 0.321 e. The second-order valence-electron chi connectivity index (χ2n) is 5.32. The van der Waals surface area contributed by atoms with E-state index in [4.69, 9.17) is 0 Å². The second kappa shape index (κ2) is 6.39. The minimum absolute atomic E-state index is 0.0547. The highest BCUT2D eigenvalue weighted by Crippen LogP contribution is 2.13.